The normalized spacial score (nSPS) is 20.3. The molecule has 1 aliphatic carbocycles. The molecular weight excluding hydrogens is 411 g/mol. The van der Waals surface area contributed by atoms with Gasteiger partial charge in [0, 0.05) is 12.2 Å². The van der Waals surface area contributed by atoms with Gasteiger partial charge in [-0.3, -0.25) is 0 Å². The molecule has 2 heterocycles. The van der Waals surface area contributed by atoms with Crippen LogP contribution in [0.4, 0.5) is 10.1 Å². The lowest BCUT2D eigenvalue weighted by molar-refractivity contribution is 0.180. The fourth-order valence-corrected chi connectivity index (χ4v) is 5.28. The number of rotatable bonds is 10. The molecule has 0 bridgehead atoms. The summed E-state index contributed by atoms with van der Waals surface area (Å²) in [7, 11) is 0. The number of allylic oxidation sites excluding steroid dienone is 5. The van der Waals surface area contributed by atoms with Crippen molar-refractivity contribution in [2.45, 2.75) is 57.9 Å². The van der Waals surface area contributed by atoms with Crippen molar-refractivity contribution in [2.75, 3.05) is 38.0 Å². The molecule has 1 atom stereocenters. The number of likely N-dealkylation sites (tertiary alicyclic amines) is 1. The van der Waals surface area contributed by atoms with Crippen LogP contribution in [0, 0.1) is 11.3 Å². The molecule has 1 saturated heterocycles. The predicted octanol–water partition coefficient (Wildman–Crippen LogP) is 5.95. The molecule has 4 rings (SSSR count). The van der Waals surface area contributed by atoms with E-state index >= 15 is 0 Å². The molecule has 0 spiro atoms. The Hall–Kier alpha value is -2.24. The minimum atomic E-state index is -0.0707. The molecule has 2 aliphatic heterocycles. The maximum Gasteiger partial charge on any atom is 0.122 e. The zero-order valence-electron chi connectivity index (χ0n) is 20.0. The minimum Gasteiger partial charge on any atom is -0.384 e. The molecule has 1 fully saturated rings. The lowest BCUT2D eigenvalue weighted by atomic mass is 9.94. The highest BCUT2D eigenvalue weighted by molar-refractivity contribution is 5.97. The Morgan fingerprint density at radius 1 is 1.27 bits per heavy atom. The fourth-order valence-electron chi connectivity index (χ4n) is 5.28. The number of hydrogen-bond donors (Lipinski definition) is 3. The van der Waals surface area contributed by atoms with Crippen molar-refractivity contribution in [1.29, 1.82) is 5.41 Å². The summed E-state index contributed by atoms with van der Waals surface area (Å²) in [5.74, 6) is 0.638. The van der Waals surface area contributed by atoms with Crippen molar-refractivity contribution in [1.82, 2.24) is 10.2 Å². The number of hydrogen-bond acceptors (Lipinski definition) is 4. The number of nitrogens with one attached hydrogen (secondary N) is 3. The van der Waals surface area contributed by atoms with Crippen LogP contribution in [0.25, 0.3) is 0 Å². The lowest BCUT2D eigenvalue weighted by Gasteiger charge is -2.33. The van der Waals surface area contributed by atoms with E-state index in [1.807, 2.05) is 19.1 Å². The molecule has 5 heteroatoms. The molecule has 3 aliphatic rings. The highest BCUT2D eigenvalue weighted by Gasteiger charge is 2.23. The van der Waals surface area contributed by atoms with Gasteiger partial charge in [0.1, 0.15) is 5.83 Å². The van der Waals surface area contributed by atoms with Gasteiger partial charge in [-0.15, -0.1) is 0 Å². The van der Waals surface area contributed by atoms with Crippen molar-refractivity contribution >= 4 is 11.4 Å². The number of fused-ring (bicyclic) bond motifs is 1. The molecule has 1 aromatic carbocycles. The van der Waals surface area contributed by atoms with Crippen LogP contribution in [0.3, 0.4) is 0 Å². The van der Waals surface area contributed by atoms with Gasteiger partial charge in [-0.2, -0.15) is 0 Å². The number of benzene rings is 1. The first kappa shape index (κ1) is 23.9. The molecule has 4 nitrogen and oxygen atoms in total. The van der Waals surface area contributed by atoms with Crippen molar-refractivity contribution in [3.8, 4) is 0 Å². The summed E-state index contributed by atoms with van der Waals surface area (Å²) in [6.45, 7) is 7.20. The maximum absolute atomic E-state index is 13.9. The molecule has 1 aromatic rings. The van der Waals surface area contributed by atoms with Crippen LogP contribution in [-0.2, 0) is 6.42 Å². The van der Waals surface area contributed by atoms with Crippen LogP contribution in [0.5, 0.6) is 0 Å². The second-order valence-corrected chi connectivity index (χ2v) is 9.64. The average molecular weight is 451 g/mol. The van der Waals surface area contributed by atoms with Crippen LogP contribution in [-0.4, -0.2) is 43.3 Å². The lowest BCUT2D eigenvalue weighted by Crippen LogP contribution is -2.39. The first-order valence-electron chi connectivity index (χ1n) is 12.7. The van der Waals surface area contributed by atoms with Crippen molar-refractivity contribution in [3.63, 3.8) is 0 Å². The first-order chi connectivity index (χ1) is 16.1. The van der Waals surface area contributed by atoms with Gasteiger partial charge in [0.05, 0.1) is 11.8 Å². The van der Waals surface area contributed by atoms with Gasteiger partial charge < -0.3 is 20.9 Å². The first-order valence-corrected chi connectivity index (χ1v) is 12.7. The highest BCUT2D eigenvalue weighted by Crippen LogP contribution is 2.28. The summed E-state index contributed by atoms with van der Waals surface area (Å²) in [4.78, 5) is 2.53. The fraction of sp³-hybridized carbons (Fsp3) is 0.536. The van der Waals surface area contributed by atoms with E-state index in [0.29, 0.717) is 11.6 Å². The van der Waals surface area contributed by atoms with E-state index in [9.17, 15) is 4.39 Å². The van der Waals surface area contributed by atoms with Gasteiger partial charge in [-0.05, 0) is 119 Å². The Morgan fingerprint density at radius 2 is 2.09 bits per heavy atom. The van der Waals surface area contributed by atoms with Crippen LogP contribution < -0.4 is 10.6 Å². The second-order valence-electron chi connectivity index (χ2n) is 9.64. The third kappa shape index (κ3) is 6.42. The summed E-state index contributed by atoms with van der Waals surface area (Å²) in [5, 5.41) is 15.8. The maximum atomic E-state index is 13.9. The zero-order valence-corrected chi connectivity index (χ0v) is 20.0. The van der Waals surface area contributed by atoms with E-state index in [0.717, 1.165) is 70.4 Å². The summed E-state index contributed by atoms with van der Waals surface area (Å²) < 4.78 is 13.9. The van der Waals surface area contributed by atoms with Crippen LogP contribution in [0.15, 0.2) is 53.9 Å². The minimum absolute atomic E-state index is 0.00299. The molecule has 178 valence electrons. The van der Waals surface area contributed by atoms with Crippen LogP contribution >= 0.6 is 0 Å². The zero-order chi connectivity index (χ0) is 23.0. The average Bonchev–Trinajstić information content (AvgIpc) is 3.30. The summed E-state index contributed by atoms with van der Waals surface area (Å²) in [6, 6.07) is 6.55. The van der Waals surface area contributed by atoms with E-state index in [-0.39, 0.29) is 11.9 Å². The Bertz CT molecular complexity index is 908. The van der Waals surface area contributed by atoms with Crippen molar-refractivity contribution < 1.29 is 4.39 Å². The molecule has 0 saturated carbocycles. The molecular formula is C28H39FN4. The van der Waals surface area contributed by atoms with Crippen LogP contribution in [0.1, 0.15) is 62.6 Å². The van der Waals surface area contributed by atoms with E-state index in [4.69, 9.17) is 5.41 Å². The SMILES string of the molecule is C/C=C\C(=N)C(NCC1CCN(CCCC2=CCCC=C2F)CC1)c1ccc2c(c1)NCC2. The molecule has 0 radical (unpaired) electrons. The number of piperidine rings is 1. The standard InChI is InChI=1S/C28H39FN4/c1-2-6-26(30)28(24-11-10-23-12-15-31-27(23)19-24)32-20-21-13-17-33(18-14-21)16-5-8-22-7-3-4-9-25(22)29/h2,6-7,9-11,19,21,28,30-32H,3-5,8,12-18,20H2,1H3/b6-2-,30-26?. The summed E-state index contributed by atoms with van der Waals surface area (Å²) in [6.07, 6.45) is 14.8. The van der Waals surface area contributed by atoms with Gasteiger partial charge in [-0.25, -0.2) is 4.39 Å². The monoisotopic (exact) mass is 450 g/mol. The molecule has 3 N–H and O–H groups in total. The van der Waals surface area contributed by atoms with E-state index in [2.05, 4.69) is 39.8 Å². The van der Waals surface area contributed by atoms with Gasteiger partial charge in [-0.1, -0.05) is 24.3 Å². The van der Waals surface area contributed by atoms with E-state index in [1.165, 1.54) is 29.7 Å². The second kappa shape index (κ2) is 11.8. The van der Waals surface area contributed by atoms with Crippen LogP contribution in [0.2, 0.25) is 0 Å². The van der Waals surface area contributed by atoms with Crippen molar-refractivity contribution in [2.24, 2.45) is 5.92 Å². The third-order valence-corrected chi connectivity index (χ3v) is 7.26. The quantitative estimate of drug-likeness (QED) is 0.386. The van der Waals surface area contributed by atoms with Gasteiger partial charge >= 0.3 is 0 Å². The number of halogens is 1. The van der Waals surface area contributed by atoms with E-state index < -0.39 is 0 Å². The Morgan fingerprint density at radius 3 is 2.88 bits per heavy atom. The van der Waals surface area contributed by atoms with Gasteiger partial charge in [0.25, 0.3) is 0 Å². The Labute approximate surface area is 198 Å². The largest absolute Gasteiger partial charge is 0.384 e. The van der Waals surface area contributed by atoms with Crippen molar-refractivity contribution in [3.05, 3.63) is 65.0 Å². The number of anilines is 1. The topological polar surface area (TPSA) is 51.2 Å². The molecule has 0 aromatic heterocycles. The highest BCUT2D eigenvalue weighted by atomic mass is 19.1. The Balaban J connectivity index is 1.24. The Kier molecular flexibility index (Phi) is 8.51. The number of nitrogens with zero attached hydrogens (tertiary/aromatic N) is 1. The predicted molar refractivity (Wildman–Crippen MR) is 137 cm³/mol. The van der Waals surface area contributed by atoms with E-state index in [1.54, 1.807) is 6.08 Å². The summed E-state index contributed by atoms with van der Waals surface area (Å²) in [5.41, 5.74) is 5.30. The molecule has 33 heavy (non-hydrogen) atoms. The third-order valence-electron chi connectivity index (χ3n) is 7.26. The molecule has 1 unspecified atom stereocenters. The molecule has 0 amide bonds. The summed E-state index contributed by atoms with van der Waals surface area (Å²) >= 11 is 0. The smallest absolute Gasteiger partial charge is 0.122 e. The van der Waals surface area contributed by atoms with Gasteiger partial charge in [0.2, 0.25) is 0 Å². The van der Waals surface area contributed by atoms with Gasteiger partial charge in [0.15, 0.2) is 0 Å².